The van der Waals surface area contributed by atoms with Crippen LogP contribution in [0.3, 0.4) is 0 Å². The van der Waals surface area contributed by atoms with E-state index in [-0.39, 0.29) is 12.5 Å². The van der Waals surface area contributed by atoms with Crippen molar-refractivity contribution in [2.45, 2.75) is 26.7 Å². The Labute approximate surface area is 113 Å². The van der Waals surface area contributed by atoms with Gasteiger partial charge in [-0.1, -0.05) is 6.92 Å². The maximum atomic E-state index is 11.5. The van der Waals surface area contributed by atoms with Crippen LogP contribution in [0.1, 0.15) is 37.2 Å². The Balaban J connectivity index is 2.34. The minimum Gasteiger partial charge on any atom is -0.396 e. The fourth-order valence-corrected chi connectivity index (χ4v) is 1.56. The van der Waals surface area contributed by atoms with Crippen molar-refractivity contribution in [3.63, 3.8) is 0 Å². The number of nitrogens with one attached hydrogen (secondary N) is 2. The number of rotatable bonds is 8. The molecule has 0 aliphatic carbocycles. The van der Waals surface area contributed by atoms with Gasteiger partial charge in [-0.25, -0.2) is 0 Å². The van der Waals surface area contributed by atoms with Gasteiger partial charge in [0.05, 0.1) is 0 Å². The molecule has 19 heavy (non-hydrogen) atoms. The summed E-state index contributed by atoms with van der Waals surface area (Å²) in [6, 6.07) is 3.39. The van der Waals surface area contributed by atoms with E-state index in [2.05, 4.69) is 20.8 Å². The Morgan fingerprint density at radius 3 is 2.79 bits per heavy atom. The van der Waals surface area contributed by atoms with Gasteiger partial charge in [-0.05, 0) is 37.8 Å². The summed E-state index contributed by atoms with van der Waals surface area (Å²) in [5, 5.41) is 22.5. The molecule has 6 heteroatoms. The van der Waals surface area contributed by atoms with Crippen molar-refractivity contribution in [3.8, 4) is 0 Å². The Morgan fingerprint density at radius 2 is 2.21 bits per heavy atom. The zero-order chi connectivity index (χ0) is 14.1. The monoisotopic (exact) mass is 266 g/mol. The van der Waals surface area contributed by atoms with E-state index in [9.17, 15) is 4.79 Å². The van der Waals surface area contributed by atoms with E-state index in [4.69, 9.17) is 5.11 Å². The SMILES string of the molecule is CCNC(=O)c1ccc(NCCCC(C)CO)nn1. The molecule has 1 heterocycles. The molecule has 0 fully saturated rings. The first-order chi connectivity index (χ1) is 9.17. The molecule has 0 spiro atoms. The van der Waals surface area contributed by atoms with Gasteiger partial charge >= 0.3 is 0 Å². The van der Waals surface area contributed by atoms with Gasteiger partial charge in [-0.15, -0.1) is 10.2 Å². The second-order valence-electron chi connectivity index (χ2n) is 4.52. The van der Waals surface area contributed by atoms with Crippen LogP contribution in [0.15, 0.2) is 12.1 Å². The Morgan fingerprint density at radius 1 is 1.42 bits per heavy atom. The lowest BCUT2D eigenvalue weighted by atomic mass is 10.1. The average Bonchev–Trinajstić information content (AvgIpc) is 2.44. The molecule has 0 aromatic carbocycles. The van der Waals surface area contributed by atoms with Gasteiger partial charge in [-0.3, -0.25) is 4.79 Å². The molecule has 1 atom stereocenters. The second-order valence-corrected chi connectivity index (χ2v) is 4.52. The topological polar surface area (TPSA) is 87.1 Å². The summed E-state index contributed by atoms with van der Waals surface area (Å²) in [6.07, 6.45) is 1.93. The number of carbonyl (C=O) groups is 1. The summed E-state index contributed by atoms with van der Waals surface area (Å²) in [5.74, 6) is 0.774. The number of hydrogen-bond acceptors (Lipinski definition) is 5. The number of amides is 1. The molecule has 0 bridgehead atoms. The van der Waals surface area contributed by atoms with Crippen molar-refractivity contribution < 1.29 is 9.90 Å². The summed E-state index contributed by atoms with van der Waals surface area (Å²) < 4.78 is 0. The largest absolute Gasteiger partial charge is 0.396 e. The highest BCUT2D eigenvalue weighted by Crippen LogP contribution is 2.06. The van der Waals surface area contributed by atoms with Gasteiger partial charge in [-0.2, -0.15) is 0 Å². The smallest absolute Gasteiger partial charge is 0.271 e. The van der Waals surface area contributed by atoms with Gasteiger partial charge < -0.3 is 15.7 Å². The fourth-order valence-electron chi connectivity index (χ4n) is 1.56. The fraction of sp³-hybridized carbons (Fsp3) is 0.615. The third kappa shape index (κ3) is 5.65. The molecular weight excluding hydrogens is 244 g/mol. The third-order valence-electron chi connectivity index (χ3n) is 2.73. The van der Waals surface area contributed by atoms with E-state index in [1.54, 1.807) is 12.1 Å². The molecule has 0 aliphatic heterocycles. The Hall–Kier alpha value is -1.69. The van der Waals surface area contributed by atoms with Crippen molar-refractivity contribution in [1.82, 2.24) is 15.5 Å². The van der Waals surface area contributed by atoms with Gasteiger partial charge in [0.15, 0.2) is 5.69 Å². The molecule has 0 radical (unpaired) electrons. The summed E-state index contributed by atoms with van der Waals surface area (Å²) >= 11 is 0. The zero-order valence-electron chi connectivity index (χ0n) is 11.5. The molecule has 0 aliphatic rings. The molecule has 0 saturated heterocycles. The van der Waals surface area contributed by atoms with Crippen LogP contribution in [-0.4, -0.2) is 40.9 Å². The minimum absolute atomic E-state index is 0.210. The van der Waals surface area contributed by atoms with E-state index < -0.39 is 0 Å². The quantitative estimate of drug-likeness (QED) is 0.612. The van der Waals surface area contributed by atoms with Crippen LogP contribution >= 0.6 is 0 Å². The minimum atomic E-state index is -0.210. The first kappa shape index (κ1) is 15.4. The lowest BCUT2D eigenvalue weighted by molar-refractivity contribution is 0.0950. The van der Waals surface area contributed by atoms with E-state index in [0.29, 0.717) is 24.0 Å². The second kappa shape index (κ2) is 8.42. The molecule has 1 aromatic heterocycles. The number of carbonyl (C=O) groups excluding carboxylic acids is 1. The summed E-state index contributed by atoms with van der Waals surface area (Å²) in [5.41, 5.74) is 0.321. The maximum Gasteiger partial charge on any atom is 0.271 e. The third-order valence-corrected chi connectivity index (χ3v) is 2.73. The molecular formula is C13H22N4O2. The van der Waals surface area contributed by atoms with Crippen molar-refractivity contribution in [2.24, 2.45) is 5.92 Å². The maximum absolute atomic E-state index is 11.5. The molecule has 3 N–H and O–H groups in total. The zero-order valence-corrected chi connectivity index (χ0v) is 11.5. The van der Waals surface area contributed by atoms with Crippen molar-refractivity contribution in [3.05, 3.63) is 17.8 Å². The average molecular weight is 266 g/mol. The number of nitrogens with zero attached hydrogens (tertiary/aromatic N) is 2. The Kier molecular flexibility index (Phi) is 6.81. The van der Waals surface area contributed by atoms with Gasteiger partial charge in [0.1, 0.15) is 5.82 Å². The lowest BCUT2D eigenvalue weighted by Gasteiger charge is -2.08. The van der Waals surface area contributed by atoms with Crippen LogP contribution in [0.5, 0.6) is 0 Å². The van der Waals surface area contributed by atoms with Crippen LogP contribution in [0.2, 0.25) is 0 Å². The number of hydrogen-bond donors (Lipinski definition) is 3. The molecule has 1 rings (SSSR count). The normalized spacial score (nSPS) is 11.9. The highest BCUT2D eigenvalue weighted by atomic mass is 16.3. The molecule has 6 nitrogen and oxygen atoms in total. The Bertz CT molecular complexity index is 381. The predicted molar refractivity (Wildman–Crippen MR) is 74.0 cm³/mol. The molecule has 1 aromatic rings. The van der Waals surface area contributed by atoms with E-state index in [1.165, 1.54) is 0 Å². The summed E-state index contributed by atoms with van der Waals surface area (Å²) in [6.45, 7) is 5.44. The first-order valence-electron chi connectivity index (χ1n) is 6.64. The highest BCUT2D eigenvalue weighted by molar-refractivity contribution is 5.92. The van der Waals surface area contributed by atoms with Gasteiger partial charge in [0.2, 0.25) is 0 Å². The molecule has 106 valence electrons. The van der Waals surface area contributed by atoms with Crippen LogP contribution in [0, 0.1) is 5.92 Å². The number of anilines is 1. The van der Waals surface area contributed by atoms with Crippen molar-refractivity contribution in [1.29, 1.82) is 0 Å². The van der Waals surface area contributed by atoms with Crippen molar-refractivity contribution >= 4 is 11.7 Å². The van der Waals surface area contributed by atoms with Crippen molar-refractivity contribution in [2.75, 3.05) is 25.0 Å². The van der Waals surface area contributed by atoms with Crippen LogP contribution < -0.4 is 10.6 Å². The molecule has 1 amide bonds. The summed E-state index contributed by atoms with van der Waals surface area (Å²) in [7, 11) is 0. The van der Waals surface area contributed by atoms with Gasteiger partial charge in [0, 0.05) is 19.7 Å². The number of aromatic nitrogens is 2. The predicted octanol–water partition coefficient (Wildman–Crippen LogP) is 1.05. The number of aliphatic hydroxyl groups excluding tert-OH is 1. The van der Waals surface area contributed by atoms with Gasteiger partial charge in [0.25, 0.3) is 5.91 Å². The highest BCUT2D eigenvalue weighted by Gasteiger charge is 2.06. The van der Waals surface area contributed by atoms with E-state index >= 15 is 0 Å². The summed E-state index contributed by atoms with van der Waals surface area (Å²) in [4.78, 5) is 11.5. The molecule has 0 saturated carbocycles. The molecule has 1 unspecified atom stereocenters. The van der Waals surface area contributed by atoms with Crippen LogP contribution in [0.25, 0.3) is 0 Å². The van der Waals surface area contributed by atoms with Crippen LogP contribution in [0.4, 0.5) is 5.82 Å². The number of aliphatic hydroxyl groups is 1. The standard InChI is InChI=1S/C13H22N4O2/c1-3-14-13(19)11-6-7-12(17-16-11)15-8-4-5-10(2)9-18/h6-7,10,18H,3-5,8-9H2,1-2H3,(H,14,19)(H,15,17). The van der Waals surface area contributed by atoms with E-state index in [0.717, 1.165) is 19.4 Å². The van der Waals surface area contributed by atoms with E-state index in [1.807, 2.05) is 13.8 Å². The van der Waals surface area contributed by atoms with Crippen LogP contribution in [-0.2, 0) is 0 Å². The lowest BCUT2D eigenvalue weighted by Crippen LogP contribution is -2.24. The first-order valence-corrected chi connectivity index (χ1v) is 6.64.